The van der Waals surface area contributed by atoms with Gasteiger partial charge in [0.25, 0.3) is 5.91 Å². The number of likely N-dealkylation sites (tertiary alicyclic amines) is 1. The predicted octanol–water partition coefficient (Wildman–Crippen LogP) is 2.66. The van der Waals surface area contributed by atoms with Crippen LogP contribution in [0, 0.1) is 22.7 Å². The number of nitrogens with zero attached hydrogens (tertiary/aromatic N) is 5. The molecule has 1 spiro atoms. The van der Waals surface area contributed by atoms with Crippen LogP contribution in [0.3, 0.4) is 0 Å². The Morgan fingerprint density at radius 2 is 2.06 bits per heavy atom. The maximum absolute atomic E-state index is 13.3. The number of imidazole rings is 1. The minimum absolute atomic E-state index is 0.0561. The number of piperidine rings is 1. The number of rotatable bonds is 3. The van der Waals surface area contributed by atoms with Crippen LogP contribution in [0.2, 0.25) is 0 Å². The van der Waals surface area contributed by atoms with Crippen LogP contribution in [0.1, 0.15) is 34.6 Å². The number of hydrogen-bond acceptors (Lipinski definition) is 5. The van der Waals surface area contributed by atoms with Crippen molar-refractivity contribution in [1.82, 2.24) is 14.5 Å². The Morgan fingerprint density at radius 3 is 2.62 bits per heavy atom. The van der Waals surface area contributed by atoms with Crippen molar-refractivity contribution in [3.8, 4) is 6.07 Å². The van der Waals surface area contributed by atoms with Crippen molar-refractivity contribution in [2.24, 2.45) is 18.4 Å². The monoisotopic (exact) mass is 447 g/mol. The minimum atomic E-state index is -4.60. The van der Waals surface area contributed by atoms with Crippen molar-refractivity contribution in [1.29, 1.82) is 5.26 Å². The number of nitriles is 1. The van der Waals surface area contributed by atoms with E-state index in [2.05, 4.69) is 4.98 Å². The van der Waals surface area contributed by atoms with E-state index in [-0.39, 0.29) is 23.8 Å². The van der Waals surface area contributed by atoms with E-state index in [1.807, 2.05) is 4.90 Å². The molecule has 1 aromatic heterocycles. The van der Waals surface area contributed by atoms with E-state index in [9.17, 15) is 23.1 Å². The zero-order chi connectivity index (χ0) is 23.1. The molecular formula is C22H24F3N5O2. The van der Waals surface area contributed by atoms with E-state index < -0.39 is 17.3 Å². The van der Waals surface area contributed by atoms with Gasteiger partial charge in [-0.15, -0.1) is 0 Å². The highest BCUT2D eigenvalue weighted by atomic mass is 19.4. The van der Waals surface area contributed by atoms with Crippen LogP contribution >= 0.6 is 0 Å². The Hall–Kier alpha value is -3.06. The third-order valence-corrected chi connectivity index (χ3v) is 6.89. The molecule has 0 saturated carbocycles. The van der Waals surface area contributed by atoms with Gasteiger partial charge in [-0.1, -0.05) is 0 Å². The summed E-state index contributed by atoms with van der Waals surface area (Å²) in [5.74, 6) is 0.0613. The van der Waals surface area contributed by atoms with Gasteiger partial charge in [0.15, 0.2) is 5.82 Å². The normalized spacial score (nSPS) is 20.6. The third kappa shape index (κ3) is 3.81. The number of benzene rings is 1. The number of carbonyl (C=O) groups is 1. The maximum atomic E-state index is 13.3. The molecule has 4 rings (SSSR count). The number of halogens is 3. The van der Waals surface area contributed by atoms with Crippen LogP contribution in [0.15, 0.2) is 30.6 Å². The van der Waals surface area contributed by atoms with E-state index in [1.165, 1.54) is 6.07 Å². The third-order valence-electron chi connectivity index (χ3n) is 6.89. The number of carbonyl (C=O) groups excluding carboxylic acids is 1. The second kappa shape index (κ2) is 8.13. The summed E-state index contributed by atoms with van der Waals surface area (Å²) in [4.78, 5) is 20.6. The molecule has 10 heteroatoms. The molecule has 3 heterocycles. The van der Waals surface area contributed by atoms with E-state index in [4.69, 9.17) is 5.26 Å². The van der Waals surface area contributed by atoms with Crippen LogP contribution in [0.25, 0.3) is 0 Å². The molecule has 2 aliphatic heterocycles. The lowest BCUT2D eigenvalue weighted by atomic mass is 9.71. The molecule has 0 radical (unpaired) electrons. The van der Waals surface area contributed by atoms with E-state index in [0.29, 0.717) is 50.5 Å². The number of aliphatic hydroxyl groups excluding tert-OH is 1. The first-order valence-corrected chi connectivity index (χ1v) is 10.4. The van der Waals surface area contributed by atoms with Crippen LogP contribution in [-0.4, -0.2) is 58.3 Å². The average Bonchev–Trinajstić information content (AvgIpc) is 3.36. The largest absolute Gasteiger partial charge is 0.417 e. The van der Waals surface area contributed by atoms with Gasteiger partial charge >= 0.3 is 6.18 Å². The Balaban J connectivity index is 1.51. The molecule has 1 unspecified atom stereocenters. The molecule has 32 heavy (non-hydrogen) atoms. The predicted molar refractivity (Wildman–Crippen MR) is 110 cm³/mol. The van der Waals surface area contributed by atoms with Crippen LogP contribution in [0.5, 0.6) is 0 Å². The van der Waals surface area contributed by atoms with Gasteiger partial charge in [0.2, 0.25) is 0 Å². The summed E-state index contributed by atoms with van der Waals surface area (Å²) < 4.78 is 41.7. The minimum Gasteiger partial charge on any atom is -0.396 e. The summed E-state index contributed by atoms with van der Waals surface area (Å²) in [6.45, 7) is 1.86. The SMILES string of the molecule is Cn1ccnc1C(=O)N1CC(CO)C2(CCN(c3ccc(C#N)c(C(F)(F)F)c3)CC2)C1. The summed E-state index contributed by atoms with van der Waals surface area (Å²) in [7, 11) is 1.75. The molecule has 1 atom stereocenters. The highest BCUT2D eigenvalue weighted by Crippen LogP contribution is 2.46. The van der Waals surface area contributed by atoms with Crippen molar-refractivity contribution in [2.75, 3.05) is 37.7 Å². The highest BCUT2D eigenvalue weighted by molar-refractivity contribution is 5.91. The zero-order valence-electron chi connectivity index (χ0n) is 17.6. The van der Waals surface area contributed by atoms with Gasteiger partial charge < -0.3 is 19.5 Å². The fraction of sp³-hybridized carbons (Fsp3) is 0.500. The number of anilines is 1. The summed E-state index contributed by atoms with van der Waals surface area (Å²) in [5.41, 5.74) is -1.19. The Labute approximate surface area is 183 Å². The quantitative estimate of drug-likeness (QED) is 0.782. The van der Waals surface area contributed by atoms with Gasteiger partial charge in [0.05, 0.1) is 17.2 Å². The number of amides is 1. The standard InChI is InChI=1S/C22H24F3N5O2/c1-28-9-6-27-19(28)20(32)30-12-16(13-31)21(14-30)4-7-29(8-5-21)17-3-2-15(11-26)18(10-17)22(23,24)25/h2-3,6,9-10,16,31H,4-5,7-8,12-14H2,1H3. The van der Waals surface area contributed by atoms with E-state index >= 15 is 0 Å². The molecule has 2 aliphatic rings. The van der Waals surface area contributed by atoms with E-state index in [1.54, 1.807) is 41.0 Å². The first kappa shape index (κ1) is 22.1. The number of aromatic nitrogens is 2. The Morgan fingerprint density at radius 1 is 1.34 bits per heavy atom. The van der Waals surface area contributed by atoms with Crippen molar-refractivity contribution in [2.45, 2.75) is 19.0 Å². The van der Waals surface area contributed by atoms with Crippen LogP contribution in [-0.2, 0) is 13.2 Å². The van der Waals surface area contributed by atoms with Gasteiger partial charge in [0.1, 0.15) is 0 Å². The van der Waals surface area contributed by atoms with Gasteiger partial charge in [-0.3, -0.25) is 4.79 Å². The lowest BCUT2D eigenvalue weighted by Gasteiger charge is -2.43. The molecular weight excluding hydrogens is 423 g/mol. The molecule has 0 bridgehead atoms. The number of aryl methyl sites for hydroxylation is 1. The topological polar surface area (TPSA) is 85.4 Å². The van der Waals surface area contributed by atoms with E-state index in [0.717, 1.165) is 6.07 Å². The summed E-state index contributed by atoms with van der Waals surface area (Å²) in [6.07, 6.45) is -0.0487. The average molecular weight is 447 g/mol. The second-order valence-corrected chi connectivity index (χ2v) is 8.62. The number of hydrogen-bond donors (Lipinski definition) is 1. The van der Waals surface area contributed by atoms with Crippen LogP contribution in [0.4, 0.5) is 18.9 Å². The number of alkyl halides is 3. The maximum Gasteiger partial charge on any atom is 0.417 e. The highest BCUT2D eigenvalue weighted by Gasteiger charge is 2.49. The first-order chi connectivity index (χ1) is 15.2. The lowest BCUT2D eigenvalue weighted by molar-refractivity contribution is -0.137. The van der Waals surface area contributed by atoms with Gasteiger partial charge in [-0.2, -0.15) is 18.4 Å². The molecule has 0 aliphatic carbocycles. The molecule has 1 N–H and O–H groups in total. The zero-order valence-corrected chi connectivity index (χ0v) is 17.6. The lowest BCUT2D eigenvalue weighted by Crippen LogP contribution is -2.45. The van der Waals surface area contributed by atoms with Crippen molar-refractivity contribution in [3.05, 3.63) is 47.5 Å². The molecule has 2 saturated heterocycles. The molecule has 1 amide bonds. The fourth-order valence-electron chi connectivity index (χ4n) is 4.99. The second-order valence-electron chi connectivity index (χ2n) is 8.62. The first-order valence-electron chi connectivity index (χ1n) is 10.4. The summed E-state index contributed by atoms with van der Waals surface area (Å²) in [5, 5.41) is 19.0. The molecule has 2 aromatic rings. The molecule has 7 nitrogen and oxygen atoms in total. The number of aliphatic hydroxyl groups is 1. The van der Waals surface area contributed by atoms with Gasteiger partial charge in [-0.05, 0) is 36.5 Å². The van der Waals surface area contributed by atoms with Crippen molar-refractivity contribution >= 4 is 11.6 Å². The Bertz CT molecular complexity index is 1050. The van der Waals surface area contributed by atoms with Crippen LogP contribution < -0.4 is 4.90 Å². The van der Waals surface area contributed by atoms with Gasteiger partial charge in [0, 0.05) is 63.8 Å². The smallest absolute Gasteiger partial charge is 0.396 e. The Kier molecular flexibility index (Phi) is 5.63. The van der Waals surface area contributed by atoms with Gasteiger partial charge in [-0.25, -0.2) is 4.98 Å². The fourth-order valence-corrected chi connectivity index (χ4v) is 4.99. The summed E-state index contributed by atoms with van der Waals surface area (Å²) in [6, 6.07) is 5.39. The van der Waals surface area contributed by atoms with Crippen molar-refractivity contribution in [3.63, 3.8) is 0 Å². The molecule has 2 fully saturated rings. The summed E-state index contributed by atoms with van der Waals surface area (Å²) >= 11 is 0. The molecule has 1 aromatic carbocycles. The molecule has 170 valence electrons. The van der Waals surface area contributed by atoms with Crippen molar-refractivity contribution < 1.29 is 23.1 Å².